The molecule has 0 bridgehead atoms. The van der Waals surface area contributed by atoms with Crippen LogP contribution in [0.1, 0.15) is 23.6 Å². The fraction of sp³-hybridized carbons (Fsp3) is 0.136. The van der Waals surface area contributed by atoms with Crippen molar-refractivity contribution in [2.24, 2.45) is 0 Å². The molecule has 1 N–H and O–H groups in total. The van der Waals surface area contributed by atoms with Gasteiger partial charge in [-0.1, -0.05) is 72.8 Å². The molecule has 0 saturated carbocycles. The van der Waals surface area contributed by atoms with Gasteiger partial charge < -0.3 is 5.32 Å². The zero-order valence-electron chi connectivity index (χ0n) is 14.1. The smallest absolute Gasteiger partial charge is 0.225 e. The van der Waals surface area contributed by atoms with Crippen LogP contribution in [0.3, 0.4) is 0 Å². The Balaban J connectivity index is 1.88. The van der Waals surface area contributed by atoms with Crippen LogP contribution >= 0.6 is 0 Å². The molecule has 0 unspecified atom stereocenters. The number of rotatable bonds is 5. The quantitative estimate of drug-likeness (QED) is 0.734. The molecular weight excluding hydrogens is 313 g/mol. The first kappa shape index (κ1) is 16.9. The predicted octanol–water partition coefficient (Wildman–Crippen LogP) is 4.45. The lowest BCUT2D eigenvalue weighted by molar-refractivity contribution is -0.121. The van der Waals surface area contributed by atoms with Crippen molar-refractivity contribution in [2.45, 2.75) is 18.9 Å². The summed E-state index contributed by atoms with van der Waals surface area (Å²) >= 11 is 0. The number of amides is 1. The van der Waals surface area contributed by atoms with Crippen LogP contribution in [0, 0.1) is 5.82 Å². The monoisotopic (exact) mass is 333 g/mol. The highest BCUT2D eigenvalue weighted by molar-refractivity contribution is 5.80. The minimum absolute atomic E-state index is 0.109. The van der Waals surface area contributed by atoms with Gasteiger partial charge in [0.15, 0.2) is 0 Å². The van der Waals surface area contributed by atoms with Crippen molar-refractivity contribution in [1.82, 2.24) is 5.32 Å². The summed E-state index contributed by atoms with van der Waals surface area (Å²) in [7, 11) is 0. The van der Waals surface area contributed by atoms with Crippen LogP contribution in [0.4, 0.5) is 4.39 Å². The summed E-state index contributed by atoms with van der Waals surface area (Å²) in [5, 5.41) is 3.16. The Morgan fingerprint density at radius 2 is 1.32 bits per heavy atom. The van der Waals surface area contributed by atoms with Crippen LogP contribution in [0.25, 0.3) is 0 Å². The van der Waals surface area contributed by atoms with E-state index in [9.17, 15) is 9.18 Å². The average Bonchev–Trinajstić information content (AvgIpc) is 2.65. The molecule has 1 amide bonds. The number of halogens is 1. The molecule has 0 aliphatic heterocycles. The minimum atomic E-state index is -0.639. The summed E-state index contributed by atoms with van der Waals surface area (Å²) in [6.45, 7) is 2.00. The van der Waals surface area contributed by atoms with Crippen molar-refractivity contribution in [1.29, 1.82) is 0 Å². The second kappa shape index (κ2) is 7.31. The number of hydrogen-bond donors (Lipinski definition) is 1. The van der Waals surface area contributed by atoms with E-state index in [-0.39, 0.29) is 18.1 Å². The third-order valence-electron chi connectivity index (χ3n) is 4.37. The number of carbonyl (C=O) groups excluding carboxylic acids is 1. The lowest BCUT2D eigenvalue weighted by Crippen LogP contribution is -2.45. The fourth-order valence-electron chi connectivity index (χ4n) is 2.96. The molecule has 0 atom stereocenters. The third kappa shape index (κ3) is 3.94. The molecule has 0 radical (unpaired) electrons. The second-order valence-electron chi connectivity index (χ2n) is 6.21. The molecular formula is C22H20FNO. The Morgan fingerprint density at radius 3 is 1.80 bits per heavy atom. The molecule has 3 heteroatoms. The van der Waals surface area contributed by atoms with Gasteiger partial charge in [0.2, 0.25) is 5.91 Å². The molecule has 25 heavy (non-hydrogen) atoms. The van der Waals surface area contributed by atoms with E-state index in [1.54, 1.807) is 12.1 Å². The van der Waals surface area contributed by atoms with Crippen LogP contribution in [0.15, 0.2) is 84.9 Å². The SMILES string of the molecule is CC(NC(=O)Cc1ccc(F)cc1)(c1ccccc1)c1ccccc1. The van der Waals surface area contributed by atoms with Crippen molar-refractivity contribution in [3.8, 4) is 0 Å². The second-order valence-corrected chi connectivity index (χ2v) is 6.21. The number of nitrogens with one attached hydrogen (secondary N) is 1. The molecule has 3 rings (SSSR count). The van der Waals surface area contributed by atoms with Gasteiger partial charge in [0.1, 0.15) is 5.82 Å². The van der Waals surface area contributed by atoms with E-state index in [1.807, 2.05) is 67.6 Å². The van der Waals surface area contributed by atoms with Crippen molar-refractivity contribution in [3.63, 3.8) is 0 Å². The minimum Gasteiger partial charge on any atom is -0.342 e. The highest BCUT2D eigenvalue weighted by atomic mass is 19.1. The highest BCUT2D eigenvalue weighted by Gasteiger charge is 2.30. The van der Waals surface area contributed by atoms with Crippen LogP contribution in [0.5, 0.6) is 0 Å². The van der Waals surface area contributed by atoms with Crippen LogP contribution in [0.2, 0.25) is 0 Å². The summed E-state index contributed by atoms with van der Waals surface area (Å²) in [5.41, 5.74) is 2.16. The topological polar surface area (TPSA) is 29.1 Å². The lowest BCUT2D eigenvalue weighted by atomic mass is 9.84. The van der Waals surface area contributed by atoms with Crippen molar-refractivity contribution in [3.05, 3.63) is 107 Å². The first-order valence-corrected chi connectivity index (χ1v) is 8.24. The molecule has 3 aromatic rings. The number of benzene rings is 3. The van der Waals surface area contributed by atoms with Crippen molar-refractivity contribution >= 4 is 5.91 Å². The summed E-state index contributed by atoms with van der Waals surface area (Å²) in [6.07, 6.45) is 0.204. The maximum atomic E-state index is 13.0. The van der Waals surface area contributed by atoms with E-state index in [0.29, 0.717) is 0 Å². The van der Waals surface area contributed by atoms with Gasteiger partial charge >= 0.3 is 0 Å². The summed E-state index contributed by atoms with van der Waals surface area (Å²) < 4.78 is 13.0. The molecule has 0 aliphatic carbocycles. The molecule has 2 nitrogen and oxygen atoms in total. The summed E-state index contributed by atoms with van der Waals surface area (Å²) in [4.78, 5) is 12.7. The molecule has 0 spiro atoms. The normalized spacial score (nSPS) is 11.1. The van der Waals surface area contributed by atoms with Crippen LogP contribution < -0.4 is 5.32 Å². The Labute approximate surface area is 147 Å². The van der Waals surface area contributed by atoms with Gasteiger partial charge in [0.05, 0.1) is 12.0 Å². The molecule has 0 aliphatic rings. The first-order chi connectivity index (χ1) is 12.1. The van der Waals surface area contributed by atoms with Crippen molar-refractivity contribution in [2.75, 3.05) is 0 Å². The van der Waals surface area contributed by atoms with Gasteiger partial charge in [0.25, 0.3) is 0 Å². The third-order valence-corrected chi connectivity index (χ3v) is 4.37. The highest BCUT2D eigenvalue weighted by Crippen LogP contribution is 2.29. The Kier molecular flexibility index (Phi) is 4.94. The molecule has 0 fully saturated rings. The van der Waals surface area contributed by atoms with E-state index in [4.69, 9.17) is 0 Å². The first-order valence-electron chi connectivity index (χ1n) is 8.24. The maximum absolute atomic E-state index is 13.0. The zero-order chi connectivity index (χ0) is 17.7. The molecule has 0 saturated heterocycles. The van der Waals surface area contributed by atoms with Gasteiger partial charge in [-0.05, 0) is 35.7 Å². The van der Waals surface area contributed by atoms with Crippen molar-refractivity contribution < 1.29 is 9.18 Å². The van der Waals surface area contributed by atoms with Crippen LogP contribution in [-0.4, -0.2) is 5.91 Å². The van der Waals surface area contributed by atoms with E-state index < -0.39 is 5.54 Å². The van der Waals surface area contributed by atoms with E-state index in [1.165, 1.54) is 12.1 Å². The standard InChI is InChI=1S/C22H20FNO/c1-22(18-8-4-2-5-9-18,19-10-6-3-7-11-19)24-21(25)16-17-12-14-20(23)15-13-17/h2-15H,16H2,1H3,(H,24,25). The zero-order valence-corrected chi connectivity index (χ0v) is 14.1. The van der Waals surface area contributed by atoms with E-state index >= 15 is 0 Å². The summed E-state index contributed by atoms with van der Waals surface area (Å²) in [5.74, 6) is -0.413. The molecule has 0 heterocycles. The predicted molar refractivity (Wildman–Crippen MR) is 97.6 cm³/mol. The largest absolute Gasteiger partial charge is 0.342 e. The van der Waals surface area contributed by atoms with Gasteiger partial charge in [-0.15, -0.1) is 0 Å². The lowest BCUT2D eigenvalue weighted by Gasteiger charge is -2.32. The van der Waals surface area contributed by atoms with E-state index in [0.717, 1.165) is 16.7 Å². The molecule has 0 aromatic heterocycles. The Morgan fingerprint density at radius 1 is 0.840 bits per heavy atom. The summed E-state index contributed by atoms with van der Waals surface area (Å²) in [6, 6.07) is 25.8. The fourth-order valence-corrected chi connectivity index (χ4v) is 2.96. The maximum Gasteiger partial charge on any atom is 0.225 e. The van der Waals surface area contributed by atoms with Gasteiger partial charge in [-0.3, -0.25) is 4.79 Å². The van der Waals surface area contributed by atoms with Gasteiger partial charge in [-0.2, -0.15) is 0 Å². The van der Waals surface area contributed by atoms with Gasteiger partial charge in [-0.25, -0.2) is 4.39 Å². The number of carbonyl (C=O) groups is 1. The Hall–Kier alpha value is -2.94. The van der Waals surface area contributed by atoms with E-state index in [2.05, 4.69) is 5.32 Å². The Bertz CT molecular complexity index is 789. The molecule has 3 aromatic carbocycles. The average molecular weight is 333 g/mol. The van der Waals surface area contributed by atoms with Gasteiger partial charge in [0, 0.05) is 0 Å². The van der Waals surface area contributed by atoms with Crippen LogP contribution in [-0.2, 0) is 16.8 Å². The molecule has 126 valence electrons. The number of hydrogen-bond acceptors (Lipinski definition) is 1.